The third kappa shape index (κ3) is 5.19. The molecule has 20 heavy (non-hydrogen) atoms. The first-order chi connectivity index (χ1) is 9.79. The summed E-state index contributed by atoms with van der Waals surface area (Å²) < 4.78 is 10.6. The molecule has 5 heteroatoms. The second kappa shape index (κ2) is 7.87. The topological polar surface area (TPSA) is 59.6 Å². The molecule has 0 radical (unpaired) electrons. The molecule has 1 saturated carbocycles. The normalized spacial score (nSPS) is 14.1. The van der Waals surface area contributed by atoms with E-state index in [2.05, 4.69) is 10.6 Å². The first-order valence-corrected chi connectivity index (χ1v) is 6.99. The van der Waals surface area contributed by atoms with E-state index in [0.717, 1.165) is 30.7 Å². The maximum absolute atomic E-state index is 11.6. The summed E-state index contributed by atoms with van der Waals surface area (Å²) >= 11 is 0. The minimum absolute atomic E-state index is 0.0466. The summed E-state index contributed by atoms with van der Waals surface area (Å²) in [5.41, 5.74) is 1.04. The summed E-state index contributed by atoms with van der Waals surface area (Å²) in [6.45, 7) is 2.23. The fraction of sp³-hybridized carbons (Fsp3) is 0.533. The van der Waals surface area contributed by atoms with E-state index in [1.807, 2.05) is 24.3 Å². The van der Waals surface area contributed by atoms with Crippen LogP contribution in [0.3, 0.4) is 0 Å². The van der Waals surface area contributed by atoms with Gasteiger partial charge in [-0.05, 0) is 18.9 Å². The van der Waals surface area contributed by atoms with E-state index in [9.17, 15) is 4.79 Å². The van der Waals surface area contributed by atoms with Crippen molar-refractivity contribution in [2.75, 3.05) is 26.9 Å². The SMILES string of the molecule is COCCNCc1ccccc1OCC(=O)NC1CC1. The van der Waals surface area contributed by atoms with Gasteiger partial charge in [-0.1, -0.05) is 18.2 Å². The van der Waals surface area contributed by atoms with Crippen LogP contribution in [0.1, 0.15) is 18.4 Å². The Labute approximate surface area is 119 Å². The lowest BCUT2D eigenvalue weighted by Crippen LogP contribution is -2.30. The molecular formula is C15H22N2O3. The molecule has 110 valence electrons. The third-order valence-electron chi connectivity index (χ3n) is 3.07. The Morgan fingerprint density at radius 2 is 2.15 bits per heavy atom. The summed E-state index contributed by atoms with van der Waals surface area (Å²) in [5.74, 6) is 0.706. The number of rotatable bonds is 9. The van der Waals surface area contributed by atoms with E-state index < -0.39 is 0 Å². The van der Waals surface area contributed by atoms with Gasteiger partial charge in [0.2, 0.25) is 0 Å². The van der Waals surface area contributed by atoms with Crippen molar-refractivity contribution in [3.63, 3.8) is 0 Å². The van der Waals surface area contributed by atoms with Crippen molar-refractivity contribution >= 4 is 5.91 Å². The van der Waals surface area contributed by atoms with Gasteiger partial charge in [-0.25, -0.2) is 0 Å². The van der Waals surface area contributed by atoms with Crippen LogP contribution in [0.5, 0.6) is 5.75 Å². The molecule has 0 aromatic heterocycles. The van der Waals surface area contributed by atoms with Crippen molar-refractivity contribution in [1.29, 1.82) is 0 Å². The van der Waals surface area contributed by atoms with Crippen LogP contribution in [-0.2, 0) is 16.1 Å². The van der Waals surface area contributed by atoms with Gasteiger partial charge < -0.3 is 20.1 Å². The predicted octanol–water partition coefficient (Wildman–Crippen LogP) is 1.08. The quantitative estimate of drug-likeness (QED) is 0.664. The van der Waals surface area contributed by atoms with Crippen molar-refractivity contribution in [2.24, 2.45) is 0 Å². The van der Waals surface area contributed by atoms with Crippen molar-refractivity contribution in [1.82, 2.24) is 10.6 Å². The van der Waals surface area contributed by atoms with E-state index in [-0.39, 0.29) is 12.5 Å². The first-order valence-electron chi connectivity index (χ1n) is 6.99. The Bertz CT molecular complexity index is 433. The summed E-state index contributed by atoms with van der Waals surface area (Å²) in [4.78, 5) is 11.6. The molecule has 2 N–H and O–H groups in total. The Kier molecular flexibility index (Phi) is 5.83. The molecule has 0 spiro atoms. The summed E-state index contributed by atoms with van der Waals surface area (Å²) in [5, 5.41) is 6.17. The summed E-state index contributed by atoms with van der Waals surface area (Å²) in [6, 6.07) is 8.13. The highest BCUT2D eigenvalue weighted by Crippen LogP contribution is 2.19. The van der Waals surface area contributed by atoms with Gasteiger partial charge in [-0.15, -0.1) is 0 Å². The summed E-state index contributed by atoms with van der Waals surface area (Å²) in [7, 11) is 1.68. The monoisotopic (exact) mass is 278 g/mol. The highest BCUT2D eigenvalue weighted by atomic mass is 16.5. The largest absolute Gasteiger partial charge is 0.483 e. The van der Waals surface area contributed by atoms with Crippen LogP contribution in [0, 0.1) is 0 Å². The van der Waals surface area contributed by atoms with Crippen molar-refractivity contribution < 1.29 is 14.3 Å². The maximum atomic E-state index is 11.6. The zero-order chi connectivity index (χ0) is 14.2. The zero-order valence-electron chi connectivity index (χ0n) is 11.9. The van der Waals surface area contributed by atoms with Crippen LogP contribution < -0.4 is 15.4 Å². The van der Waals surface area contributed by atoms with E-state index in [1.54, 1.807) is 7.11 Å². The van der Waals surface area contributed by atoms with Crippen LogP contribution in [0.4, 0.5) is 0 Å². The predicted molar refractivity (Wildman–Crippen MR) is 76.7 cm³/mol. The van der Waals surface area contributed by atoms with Gasteiger partial charge >= 0.3 is 0 Å². The van der Waals surface area contributed by atoms with Crippen LogP contribution in [-0.4, -0.2) is 38.8 Å². The minimum atomic E-state index is -0.0466. The Morgan fingerprint density at radius 3 is 2.90 bits per heavy atom. The van der Waals surface area contributed by atoms with E-state index in [1.165, 1.54) is 0 Å². The molecule has 0 saturated heterocycles. The first kappa shape index (κ1) is 14.8. The molecular weight excluding hydrogens is 256 g/mol. The molecule has 5 nitrogen and oxygen atoms in total. The average molecular weight is 278 g/mol. The lowest BCUT2D eigenvalue weighted by Gasteiger charge is -2.12. The number of methoxy groups -OCH3 is 1. The molecule has 0 bridgehead atoms. The molecule has 0 atom stereocenters. The molecule has 1 aromatic carbocycles. The van der Waals surface area contributed by atoms with Gasteiger partial charge in [0.25, 0.3) is 5.91 Å². The van der Waals surface area contributed by atoms with Crippen LogP contribution in [0.2, 0.25) is 0 Å². The highest BCUT2D eigenvalue weighted by molar-refractivity contribution is 5.78. The molecule has 1 aliphatic rings. The minimum Gasteiger partial charge on any atom is -0.483 e. The number of para-hydroxylation sites is 1. The Balaban J connectivity index is 1.78. The van der Waals surface area contributed by atoms with Gasteiger partial charge in [0, 0.05) is 31.8 Å². The van der Waals surface area contributed by atoms with Gasteiger partial charge in [0.05, 0.1) is 6.61 Å². The van der Waals surface area contributed by atoms with E-state index in [0.29, 0.717) is 19.2 Å². The van der Waals surface area contributed by atoms with Gasteiger partial charge in [0.15, 0.2) is 6.61 Å². The van der Waals surface area contributed by atoms with E-state index in [4.69, 9.17) is 9.47 Å². The molecule has 2 rings (SSSR count). The number of hydrogen-bond acceptors (Lipinski definition) is 4. The summed E-state index contributed by atoms with van der Waals surface area (Å²) in [6.07, 6.45) is 2.18. The van der Waals surface area contributed by atoms with E-state index >= 15 is 0 Å². The van der Waals surface area contributed by atoms with Crippen LogP contribution in [0.15, 0.2) is 24.3 Å². The Hall–Kier alpha value is -1.59. The second-order valence-corrected chi connectivity index (χ2v) is 4.91. The number of amides is 1. The van der Waals surface area contributed by atoms with Crippen molar-refractivity contribution in [3.8, 4) is 5.75 Å². The lowest BCUT2D eigenvalue weighted by atomic mass is 10.2. The lowest BCUT2D eigenvalue weighted by molar-refractivity contribution is -0.123. The molecule has 0 unspecified atom stereocenters. The standard InChI is InChI=1S/C15H22N2O3/c1-19-9-8-16-10-12-4-2-3-5-14(12)20-11-15(18)17-13-6-7-13/h2-5,13,16H,6-11H2,1H3,(H,17,18). The Morgan fingerprint density at radius 1 is 1.35 bits per heavy atom. The molecule has 0 aliphatic heterocycles. The van der Waals surface area contributed by atoms with Gasteiger partial charge in [0.1, 0.15) is 5.75 Å². The van der Waals surface area contributed by atoms with Crippen molar-refractivity contribution in [2.45, 2.75) is 25.4 Å². The number of carbonyl (C=O) groups excluding carboxylic acids is 1. The number of ether oxygens (including phenoxy) is 2. The number of hydrogen-bond donors (Lipinski definition) is 2. The van der Waals surface area contributed by atoms with Gasteiger partial charge in [-0.2, -0.15) is 0 Å². The molecule has 1 amide bonds. The fourth-order valence-electron chi connectivity index (χ4n) is 1.83. The van der Waals surface area contributed by atoms with Crippen LogP contribution >= 0.6 is 0 Å². The number of carbonyl (C=O) groups is 1. The molecule has 0 heterocycles. The number of benzene rings is 1. The number of nitrogens with one attached hydrogen (secondary N) is 2. The average Bonchev–Trinajstić information content (AvgIpc) is 3.26. The fourth-order valence-corrected chi connectivity index (χ4v) is 1.83. The van der Waals surface area contributed by atoms with Gasteiger partial charge in [-0.3, -0.25) is 4.79 Å². The second-order valence-electron chi connectivity index (χ2n) is 4.91. The highest BCUT2D eigenvalue weighted by Gasteiger charge is 2.23. The third-order valence-corrected chi connectivity index (χ3v) is 3.07. The maximum Gasteiger partial charge on any atom is 0.258 e. The van der Waals surface area contributed by atoms with Crippen molar-refractivity contribution in [3.05, 3.63) is 29.8 Å². The smallest absolute Gasteiger partial charge is 0.258 e. The van der Waals surface area contributed by atoms with Crippen LogP contribution in [0.25, 0.3) is 0 Å². The zero-order valence-corrected chi connectivity index (χ0v) is 11.9. The molecule has 1 aliphatic carbocycles. The molecule has 1 fully saturated rings. The molecule has 1 aromatic rings.